The summed E-state index contributed by atoms with van der Waals surface area (Å²) < 4.78 is 0. The van der Waals surface area contributed by atoms with Crippen molar-refractivity contribution in [3.63, 3.8) is 0 Å². The number of carbonyl (C=O) groups is 1. The molecule has 3 N–H and O–H groups in total. The minimum absolute atomic E-state index is 0.0626. The molecule has 0 radical (unpaired) electrons. The lowest BCUT2D eigenvalue weighted by Crippen LogP contribution is -2.50. The Bertz CT molecular complexity index is 528. The van der Waals surface area contributed by atoms with Gasteiger partial charge in [0.25, 0.3) is 0 Å². The molecule has 0 spiro atoms. The van der Waals surface area contributed by atoms with E-state index in [-0.39, 0.29) is 17.5 Å². The van der Waals surface area contributed by atoms with Crippen LogP contribution in [0.2, 0.25) is 5.02 Å². The normalized spacial score (nSPS) is 26.3. The van der Waals surface area contributed by atoms with Crippen molar-refractivity contribution in [1.82, 2.24) is 10.6 Å². The first-order valence-electron chi connectivity index (χ1n) is 8.08. The third-order valence-electron chi connectivity index (χ3n) is 4.94. The molecule has 22 heavy (non-hydrogen) atoms. The van der Waals surface area contributed by atoms with Crippen LogP contribution in [0.1, 0.15) is 44.1 Å². The lowest BCUT2D eigenvalue weighted by Gasteiger charge is -2.28. The van der Waals surface area contributed by atoms with Crippen LogP contribution in [0.15, 0.2) is 24.3 Å². The number of carbonyl (C=O) groups excluding carboxylic acids is 1. The van der Waals surface area contributed by atoms with Crippen LogP contribution < -0.4 is 10.6 Å². The average molecular weight is 323 g/mol. The van der Waals surface area contributed by atoms with Crippen LogP contribution in [-0.4, -0.2) is 29.8 Å². The standard InChI is InChI=1S/C17H23ClN2O2/c18-13-7-5-12(6-8-13)17(9-10-17)11-19-16(22)20-14-3-1-2-4-15(14)21/h5-8,14-15,21H,1-4,9-11H2,(H2,19,20,22). The molecule has 2 unspecified atom stereocenters. The number of hydrogen-bond acceptors (Lipinski definition) is 2. The molecular formula is C17H23ClN2O2. The molecule has 2 atom stereocenters. The summed E-state index contributed by atoms with van der Waals surface area (Å²) in [6.07, 6.45) is 5.50. The number of aliphatic hydroxyl groups excluding tert-OH is 1. The van der Waals surface area contributed by atoms with Gasteiger partial charge in [0.05, 0.1) is 12.1 Å². The van der Waals surface area contributed by atoms with Crippen LogP contribution in [0.3, 0.4) is 0 Å². The monoisotopic (exact) mass is 322 g/mol. The molecule has 2 aliphatic carbocycles. The highest BCUT2D eigenvalue weighted by Crippen LogP contribution is 2.47. The summed E-state index contributed by atoms with van der Waals surface area (Å²) in [5, 5.41) is 16.5. The van der Waals surface area contributed by atoms with Gasteiger partial charge in [0.15, 0.2) is 0 Å². The van der Waals surface area contributed by atoms with Crippen molar-refractivity contribution >= 4 is 17.6 Å². The number of amides is 2. The van der Waals surface area contributed by atoms with Crippen LogP contribution in [-0.2, 0) is 5.41 Å². The zero-order valence-electron chi connectivity index (χ0n) is 12.6. The fourth-order valence-corrected chi connectivity index (χ4v) is 3.40. The van der Waals surface area contributed by atoms with Crippen molar-refractivity contribution in [3.05, 3.63) is 34.9 Å². The smallest absolute Gasteiger partial charge is 0.315 e. The van der Waals surface area contributed by atoms with E-state index in [4.69, 9.17) is 11.6 Å². The molecule has 2 aliphatic rings. The van der Waals surface area contributed by atoms with Gasteiger partial charge in [-0.1, -0.05) is 36.6 Å². The minimum Gasteiger partial charge on any atom is -0.391 e. The maximum absolute atomic E-state index is 12.1. The average Bonchev–Trinajstić information content (AvgIpc) is 3.29. The Balaban J connectivity index is 1.51. The predicted octanol–water partition coefficient (Wildman–Crippen LogP) is 2.97. The topological polar surface area (TPSA) is 61.4 Å². The van der Waals surface area contributed by atoms with Gasteiger partial charge >= 0.3 is 6.03 Å². The molecule has 4 nitrogen and oxygen atoms in total. The van der Waals surface area contributed by atoms with Gasteiger partial charge in [0.1, 0.15) is 0 Å². The van der Waals surface area contributed by atoms with Gasteiger partial charge in [-0.05, 0) is 43.4 Å². The summed E-state index contributed by atoms with van der Waals surface area (Å²) in [4.78, 5) is 12.1. The number of nitrogens with one attached hydrogen (secondary N) is 2. The van der Waals surface area contributed by atoms with Gasteiger partial charge in [-0.2, -0.15) is 0 Å². The number of aliphatic hydroxyl groups is 1. The largest absolute Gasteiger partial charge is 0.391 e. The molecule has 2 saturated carbocycles. The molecule has 5 heteroatoms. The second-order valence-corrected chi connectivity index (χ2v) is 7.01. The maximum atomic E-state index is 12.1. The molecule has 2 fully saturated rings. The second-order valence-electron chi connectivity index (χ2n) is 6.57. The molecule has 1 aromatic carbocycles. The van der Waals surface area contributed by atoms with Crippen molar-refractivity contribution in [2.75, 3.05) is 6.54 Å². The molecule has 0 aromatic heterocycles. The first-order chi connectivity index (χ1) is 10.6. The molecule has 120 valence electrons. The van der Waals surface area contributed by atoms with Gasteiger partial charge in [0.2, 0.25) is 0 Å². The number of urea groups is 1. The molecule has 0 heterocycles. The predicted molar refractivity (Wildman–Crippen MR) is 87.2 cm³/mol. The van der Waals surface area contributed by atoms with E-state index in [0.717, 1.165) is 43.5 Å². The highest BCUT2D eigenvalue weighted by molar-refractivity contribution is 6.30. The van der Waals surface area contributed by atoms with E-state index >= 15 is 0 Å². The Hall–Kier alpha value is -1.26. The van der Waals surface area contributed by atoms with E-state index in [2.05, 4.69) is 10.6 Å². The Kier molecular flexibility index (Phi) is 4.59. The number of halogens is 1. The fourth-order valence-electron chi connectivity index (χ4n) is 3.27. The van der Waals surface area contributed by atoms with E-state index in [9.17, 15) is 9.90 Å². The van der Waals surface area contributed by atoms with Gasteiger partial charge in [-0.25, -0.2) is 4.79 Å². The van der Waals surface area contributed by atoms with E-state index in [1.54, 1.807) is 0 Å². The summed E-state index contributed by atoms with van der Waals surface area (Å²) in [5.41, 5.74) is 1.29. The molecule has 0 aliphatic heterocycles. The van der Waals surface area contributed by atoms with Crippen molar-refractivity contribution in [2.24, 2.45) is 0 Å². The first-order valence-corrected chi connectivity index (χ1v) is 8.45. The summed E-state index contributed by atoms with van der Waals surface area (Å²) in [7, 11) is 0. The van der Waals surface area contributed by atoms with Crippen molar-refractivity contribution in [2.45, 2.75) is 56.1 Å². The zero-order chi connectivity index (χ0) is 15.6. The van der Waals surface area contributed by atoms with Crippen LogP contribution in [0.4, 0.5) is 4.79 Å². The highest BCUT2D eigenvalue weighted by atomic mass is 35.5. The van der Waals surface area contributed by atoms with Crippen molar-refractivity contribution in [1.29, 1.82) is 0 Å². The van der Waals surface area contributed by atoms with Crippen molar-refractivity contribution < 1.29 is 9.90 Å². The molecule has 1 aromatic rings. The zero-order valence-corrected chi connectivity index (χ0v) is 13.4. The summed E-state index contributed by atoms with van der Waals surface area (Å²) in [5.74, 6) is 0. The van der Waals surface area contributed by atoms with Crippen LogP contribution in [0.5, 0.6) is 0 Å². The van der Waals surface area contributed by atoms with E-state index in [1.807, 2.05) is 24.3 Å². The molecule has 0 saturated heterocycles. The molecule has 2 amide bonds. The van der Waals surface area contributed by atoms with Crippen LogP contribution in [0.25, 0.3) is 0 Å². The Morgan fingerprint density at radius 2 is 1.91 bits per heavy atom. The lowest BCUT2D eigenvalue weighted by atomic mass is 9.93. The third-order valence-corrected chi connectivity index (χ3v) is 5.20. The fraction of sp³-hybridized carbons (Fsp3) is 0.588. The third kappa shape index (κ3) is 3.55. The van der Waals surface area contributed by atoms with Gasteiger partial charge in [0, 0.05) is 17.0 Å². The van der Waals surface area contributed by atoms with Gasteiger partial charge < -0.3 is 15.7 Å². The molecular weight excluding hydrogens is 300 g/mol. The Morgan fingerprint density at radius 1 is 1.23 bits per heavy atom. The number of benzene rings is 1. The van der Waals surface area contributed by atoms with Gasteiger partial charge in [-0.15, -0.1) is 0 Å². The van der Waals surface area contributed by atoms with E-state index in [1.165, 1.54) is 5.56 Å². The number of hydrogen-bond donors (Lipinski definition) is 3. The Labute approximate surface area is 136 Å². The second kappa shape index (κ2) is 6.47. The highest BCUT2D eigenvalue weighted by Gasteiger charge is 2.44. The summed E-state index contributed by atoms with van der Waals surface area (Å²) in [6.45, 7) is 0.628. The number of rotatable bonds is 4. The van der Waals surface area contributed by atoms with E-state index in [0.29, 0.717) is 6.54 Å². The van der Waals surface area contributed by atoms with Gasteiger partial charge in [-0.3, -0.25) is 0 Å². The molecule has 3 rings (SSSR count). The van der Waals surface area contributed by atoms with Crippen LogP contribution >= 0.6 is 11.6 Å². The quantitative estimate of drug-likeness (QED) is 0.798. The van der Waals surface area contributed by atoms with Crippen LogP contribution in [0, 0.1) is 0 Å². The summed E-state index contributed by atoms with van der Waals surface area (Å²) in [6, 6.07) is 7.59. The minimum atomic E-state index is -0.411. The Morgan fingerprint density at radius 3 is 2.55 bits per heavy atom. The lowest BCUT2D eigenvalue weighted by molar-refractivity contribution is 0.0943. The summed E-state index contributed by atoms with van der Waals surface area (Å²) >= 11 is 5.93. The first kappa shape index (κ1) is 15.6. The molecule has 0 bridgehead atoms. The SMILES string of the molecule is O=C(NCC1(c2ccc(Cl)cc2)CC1)NC1CCCCC1O. The maximum Gasteiger partial charge on any atom is 0.315 e. The van der Waals surface area contributed by atoms with Crippen molar-refractivity contribution in [3.8, 4) is 0 Å². The van der Waals surface area contributed by atoms with E-state index < -0.39 is 6.10 Å².